The van der Waals surface area contributed by atoms with E-state index < -0.39 is 16.7 Å². The standard InChI is InChI=1S/C24H29FN4O4/c1-3-5-14-29-20-19(21(30)27-23(29)32)28(4-2)18(26-20)15-33-22(31)24(12-6-7-13-24)16-8-10-17(25)11-9-16/h8-11H,3-7,12-15H2,1-2H3,(H,27,30,32). The fraction of sp³-hybridized carbons (Fsp3) is 0.500. The van der Waals surface area contributed by atoms with Crippen molar-refractivity contribution in [3.63, 3.8) is 0 Å². The number of nitrogens with zero attached hydrogens (tertiary/aromatic N) is 3. The molecule has 33 heavy (non-hydrogen) atoms. The number of benzene rings is 1. The number of unbranched alkanes of at least 4 members (excludes halogenated alkanes) is 1. The van der Waals surface area contributed by atoms with E-state index in [1.165, 1.54) is 16.7 Å². The topological polar surface area (TPSA) is 99.0 Å². The summed E-state index contributed by atoms with van der Waals surface area (Å²) in [5.74, 6) is -0.315. The van der Waals surface area contributed by atoms with Crippen molar-refractivity contribution in [1.82, 2.24) is 19.1 Å². The summed E-state index contributed by atoms with van der Waals surface area (Å²) < 4.78 is 22.3. The van der Waals surface area contributed by atoms with E-state index in [9.17, 15) is 18.8 Å². The summed E-state index contributed by atoms with van der Waals surface area (Å²) in [6.45, 7) is 4.64. The van der Waals surface area contributed by atoms with E-state index in [-0.39, 0.29) is 18.4 Å². The number of esters is 1. The highest BCUT2D eigenvalue weighted by atomic mass is 19.1. The van der Waals surface area contributed by atoms with E-state index in [1.54, 1.807) is 16.7 Å². The Morgan fingerprint density at radius 2 is 1.85 bits per heavy atom. The van der Waals surface area contributed by atoms with Gasteiger partial charge in [0.05, 0.1) is 5.41 Å². The Bertz CT molecular complexity index is 1270. The number of hydrogen-bond acceptors (Lipinski definition) is 5. The second-order valence-corrected chi connectivity index (χ2v) is 8.58. The van der Waals surface area contributed by atoms with Gasteiger partial charge in [-0.1, -0.05) is 38.3 Å². The Labute approximate surface area is 190 Å². The molecule has 1 aliphatic rings. The summed E-state index contributed by atoms with van der Waals surface area (Å²) in [7, 11) is 0. The van der Waals surface area contributed by atoms with Crippen molar-refractivity contribution in [2.75, 3.05) is 0 Å². The van der Waals surface area contributed by atoms with Crippen molar-refractivity contribution in [2.45, 2.75) is 77.5 Å². The summed E-state index contributed by atoms with van der Waals surface area (Å²) in [5.41, 5.74) is -0.454. The van der Waals surface area contributed by atoms with Crippen LogP contribution in [0.1, 0.15) is 63.8 Å². The molecule has 4 rings (SSSR count). The number of imidazole rings is 1. The number of halogens is 1. The van der Waals surface area contributed by atoms with Crippen LogP contribution < -0.4 is 11.2 Å². The number of hydrogen-bond donors (Lipinski definition) is 1. The predicted molar refractivity (Wildman–Crippen MR) is 122 cm³/mol. The molecule has 2 heterocycles. The lowest BCUT2D eigenvalue weighted by atomic mass is 9.79. The highest BCUT2D eigenvalue weighted by Gasteiger charge is 2.44. The molecule has 0 atom stereocenters. The summed E-state index contributed by atoms with van der Waals surface area (Å²) in [6.07, 6.45) is 4.70. The first-order chi connectivity index (χ1) is 15.9. The number of aromatic nitrogens is 4. The molecule has 0 bridgehead atoms. The van der Waals surface area contributed by atoms with Gasteiger partial charge in [-0.05, 0) is 43.9 Å². The van der Waals surface area contributed by atoms with Crippen LogP contribution in [-0.4, -0.2) is 25.1 Å². The second-order valence-electron chi connectivity index (χ2n) is 8.58. The average molecular weight is 457 g/mol. The van der Waals surface area contributed by atoms with E-state index in [0.29, 0.717) is 42.9 Å². The Morgan fingerprint density at radius 1 is 1.15 bits per heavy atom. The highest BCUT2D eigenvalue weighted by molar-refractivity contribution is 5.83. The molecular weight excluding hydrogens is 427 g/mol. The van der Waals surface area contributed by atoms with Crippen molar-refractivity contribution < 1.29 is 13.9 Å². The van der Waals surface area contributed by atoms with Crippen molar-refractivity contribution in [3.05, 3.63) is 62.3 Å². The molecule has 9 heteroatoms. The number of fused-ring (bicyclic) bond motifs is 1. The fourth-order valence-electron chi connectivity index (χ4n) is 4.82. The lowest BCUT2D eigenvalue weighted by Gasteiger charge is -2.27. The summed E-state index contributed by atoms with van der Waals surface area (Å²) in [5, 5.41) is 0. The molecule has 2 aromatic heterocycles. The fourth-order valence-corrected chi connectivity index (χ4v) is 4.82. The van der Waals surface area contributed by atoms with Crippen LogP contribution >= 0.6 is 0 Å². The van der Waals surface area contributed by atoms with Gasteiger partial charge in [0.2, 0.25) is 0 Å². The molecular formula is C24H29FN4O4. The summed E-state index contributed by atoms with van der Waals surface area (Å²) in [6, 6.07) is 6.02. The van der Waals surface area contributed by atoms with Crippen LogP contribution in [-0.2, 0) is 34.6 Å². The van der Waals surface area contributed by atoms with Gasteiger partial charge >= 0.3 is 11.7 Å². The molecule has 0 unspecified atom stereocenters. The highest BCUT2D eigenvalue weighted by Crippen LogP contribution is 2.42. The maximum Gasteiger partial charge on any atom is 0.330 e. The van der Waals surface area contributed by atoms with Gasteiger partial charge in [-0.25, -0.2) is 14.2 Å². The quantitative estimate of drug-likeness (QED) is 0.524. The molecule has 1 saturated carbocycles. The zero-order valence-electron chi connectivity index (χ0n) is 19.0. The lowest BCUT2D eigenvalue weighted by molar-refractivity contribution is -0.152. The molecule has 1 fully saturated rings. The Balaban J connectivity index is 1.67. The number of carbonyl (C=O) groups excluding carboxylic acids is 1. The first kappa shape index (κ1) is 22.9. The minimum atomic E-state index is -0.808. The van der Waals surface area contributed by atoms with E-state index in [0.717, 1.165) is 31.2 Å². The van der Waals surface area contributed by atoms with Crippen LogP contribution in [0.25, 0.3) is 11.2 Å². The molecule has 0 aliphatic heterocycles. The van der Waals surface area contributed by atoms with Crippen molar-refractivity contribution >= 4 is 17.1 Å². The van der Waals surface area contributed by atoms with E-state index in [4.69, 9.17) is 4.74 Å². The molecule has 1 N–H and O–H groups in total. The van der Waals surface area contributed by atoms with Gasteiger partial charge < -0.3 is 9.30 Å². The van der Waals surface area contributed by atoms with Crippen LogP contribution in [0.15, 0.2) is 33.9 Å². The van der Waals surface area contributed by atoms with E-state index >= 15 is 0 Å². The number of aromatic amines is 1. The van der Waals surface area contributed by atoms with Gasteiger partial charge in [0.1, 0.15) is 18.2 Å². The smallest absolute Gasteiger partial charge is 0.330 e. The SMILES string of the molecule is CCCCn1c(=O)[nH]c(=O)c2c1nc(COC(=O)C1(c3ccc(F)cc3)CCCC1)n2CC. The third-order valence-corrected chi connectivity index (χ3v) is 6.59. The van der Waals surface area contributed by atoms with Crippen LogP contribution in [0.2, 0.25) is 0 Å². The van der Waals surface area contributed by atoms with Gasteiger partial charge in [-0.3, -0.25) is 19.1 Å². The maximum atomic E-state index is 13.4. The Hall–Kier alpha value is -3.23. The Kier molecular flexibility index (Phi) is 6.49. The first-order valence-corrected chi connectivity index (χ1v) is 11.6. The van der Waals surface area contributed by atoms with Crippen molar-refractivity contribution in [2.24, 2.45) is 0 Å². The molecule has 1 aliphatic carbocycles. The van der Waals surface area contributed by atoms with Gasteiger partial charge in [0.25, 0.3) is 5.56 Å². The molecule has 0 radical (unpaired) electrons. The van der Waals surface area contributed by atoms with Crippen LogP contribution in [0.4, 0.5) is 4.39 Å². The zero-order chi connectivity index (χ0) is 23.6. The molecule has 3 aromatic rings. The zero-order valence-corrected chi connectivity index (χ0v) is 19.0. The lowest BCUT2D eigenvalue weighted by Crippen LogP contribution is -2.35. The summed E-state index contributed by atoms with van der Waals surface area (Å²) >= 11 is 0. The largest absolute Gasteiger partial charge is 0.457 e. The van der Waals surface area contributed by atoms with E-state index in [2.05, 4.69) is 9.97 Å². The monoisotopic (exact) mass is 456 g/mol. The second kappa shape index (κ2) is 9.33. The number of rotatable bonds is 8. The number of H-pyrrole nitrogens is 1. The van der Waals surface area contributed by atoms with Crippen LogP contribution in [0.3, 0.4) is 0 Å². The van der Waals surface area contributed by atoms with Gasteiger partial charge in [-0.2, -0.15) is 0 Å². The maximum absolute atomic E-state index is 13.4. The number of aryl methyl sites for hydroxylation is 2. The molecule has 1 aromatic carbocycles. The van der Waals surface area contributed by atoms with Crippen LogP contribution in [0, 0.1) is 5.82 Å². The molecule has 0 saturated heterocycles. The number of ether oxygens (including phenoxy) is 1. The molecule has 0 spiro atoms. The van der Waals surface area contributed by atoms with Crippen LogP contribution in [0.5, 0.6) is 0 Å². The average Bonchev–Trinajstić information content (AvgIpc) is 3.44. The first-order valence-electron chi connectivity index (χ1n) is 11.6. The Morgan fingerprint density at radius 3 is 2.48 bits per heavy atom. The summed E-state index contributed by atoms with van der Waals surface area (Å²) in [4.78, 5) is 45.1. The third kappa shape index (κ3) is 4.12. The predicted octanol–water partition coefficient (Wildman–Crippen LogP) is 3.40. The minimum absolute atomic E-state index is 0.119. The third-order valence-electron chi connectivity index (χ3n) is 6.59. The minimum Gasteiger partial charge on any atom is -0.457 e. The molecule has 176 valence electrons. The van der Waals surface area contributed by atoms with Crippen molar-refractivity contribution in [1.29, 1.82) is 0 Å². The van der Waals surface area contributed by atoms with Gasteiger partial charge in [0, 0.05) is 13.1 Å². The van der Waals surface area contributed by atoms with Gasteiger partial charge in [-0.15, -0.1) is 0 Å². The normalized spacial score (nSPS) is 15.2. The van der Waals surface area contributed by atoms with Crippen molar-refractivity contribution in [3.8, 4) is 0 Å². The molecule has 8 nitrogen and oxygen atoms in total. The van der Waals surface area contributed by atoms with E-state index in [1.807, 2.05) is 13.8 Å². The molecule has 0 amide bonds. The number of nitrogens with one attached hydrogen (secondary N) is 1. The van der Waals surface area contributed by atoms with Gasteiger partial charge in [0.15, 0.2) is 11.2 Å². The number of carbonyl (C=O) groups is 1.